The Morgan fingerprint density at radius 3 is 2.96 bits per heavy atom. The molecule has 1 aliphatic rings. The molecule has 6 heteroatoms. The van der Waals surface area contributed by atoms with Gasteiger partial charge in [-0.3, -0.25) is 14.3 Å². The average molecular weight is 350 g/mol. The molecule has 3 heterocycles. The SMILES string of the molecule is CCn1ccc(C(=O)N2CCC[C@H](c3cc4ccccc4c(=O)[nH]3)C2)n1. The van der Waals surface area contributed by atoms with Crippen molar-refractivity contribution in [1.82, 2.24) is 19.7 Å². The van der Waals surface area contributed by atoms with Crippen LogP contribution >= 0.6 is 0 Å². The summed E-state index contributed by atoms with van der Waals surface area (Å²) in [6.45, 7) is 4.07. The molecular formula is C20H22N4O2. The number of pyridine rings is 1. The van der Waals surface area contributed by atoms with Gasteiger partial charge in [-0.25, -0.2) is 0 Å². The van der Waals surface area contributed by atoms with Gasteiger partial charge in [-0.15, -0.1) is 0 Å². The van der Waals surface area contributed by atoms with Crippen molar-refractivity contribution in [1.29, 1.82) is 0 Å². The zero-order chi connectivity index (χ0) is 18.1. The minimum Gasteiger partial charge on any atom is -0.337 e. The Hall–Kier alpha value is -2.89. The van der Waals surface area contributed by atoms with E-state index >= 15 is 0 Å². The van der Waals surface area contributed by atoms with E-state index in [1.54, 1.807) is 10.7 Å². The van der Waals surface area contributed by atoms with Gasteiger partial charge in [0.25, 0.3) is 11.5 Å². The zero-order valence-corrected chi connectivity index (χ0v) is 14.8. The molecule has 3 aromatic rings. The van der Waals surface area contributed by atoms with Crippen LogP contribution in [-0.4, -0.2) is 38.7 Å². The quantitative estimate of drug-likeness (QED) is 0.789. The predicted octanol–water partition coefficient (Wildman–Crippen LogP) is 2.76. The average Bonchev–Trinajstić information content (AvgIpc) is 3.17. The fraction of sp³-hybridized carbons (Fsp3) is 0.350. The number of carbonyl (C=O) groups excluding carboxylic acids is 1. The lowest BCUT2D eigenvalue weighted by Gasteiger charge is -2.32. The second-order valence-electron chi connectivity index (χ2n) is 6.79. The number of aromatic amines is 1. The molecule has 1 N–H and O–H groups in total. The van der Waals surface area contributed by atoms with Crippen LogP contribution in [0.25, 0.3) is 10.8 Å². The lowest BCUT2D eigenvalue weighted by Crippen LogP contribution is -2.39. The molecule has 1 aromatic carbocycles. The highest BCUT2D eigenvalue weighted by molar-refractivity contribution is 5.92. The summed E-state index contributed by atoms with van der Waals surface area (Å²) < 4.78 is 1.76. The number of benzene rings is 1. The van der Waals surface area contributed by atoms with Crippen molar-refractivity contribution in [3.05, 3.63) is 64.3 Å². The van der Waals surface area contributed by atoms with Crippen LogP contribution in [0.5, 0.6) is 0 Å². The van der Waals surface area contributed by atoms with E-state index in [4.69, 9.17) is 0 Å². The van der Waals surface area contributed by atoms with Crippen molar-refractivity contribution < 1.29 is 4.79 Å². The number of piperidine rings is 1. The van der Waals surface area contributed by atoms with Crippen molar-refractivity contribution >= 4 is 16.7 Å². The lowest BCUT2D eigenvalue weighted by molar-refractivity contribution is 0.0699. The maximum atomic E-state index is 12.8. The van der Waals surface area contributed by atoms with Crippen LogP contribution in [0.1, 0.15) is 41.9 Å². The van der Waals surface area contributed by atoms with Crippen molar-refractivity contribution in [3.8, 4) is 0 Å². The number of likely N-dealkylation sites (tertiary alicyclic amines) is 1. The Labute approximate surface area is 151 Å². The first-order valence-electron chi connectivity index (χ1n) is 9.10. The normalized spacial score (nSPS) is 17.6. The summed E-state index contributed by atoms with van der Waals surface area (Å²) >= 11 is 0. The maximum absolute atomic E-state index is 12.8. The molecule has 1 amide bonds. The third kappa shape index (κ3) is 3.03. The lowest BCUT2D eigenvalue weighted by atomic mass is 9.93. The summed E-state index contributed by atoms with van der Waals surface area (Å²) in [6, 6.07) is 11.4. The van der Waals surface area contributed by atoms with E-state index in [0.717, 1.165) is 37.0 Å². The number of H-pyrrole nitrogens is 1. The molecule has 4 rings (SSSR count). The molecule has 1 fully saturated rings. The number of nitrogens with zero attached hydrogens (tertiary/aromatic N) is 3. The van der Waals surface area contributed by atoms with E-state index in [1.807, 2.05) is 48.4 Å². The van der Waals surface area contributed by atoms with E-state index < -0.39 is 0 Å². The second kappa shape index (κ2) is 6.78. The number of aromatic nitrogens is 3. The number of nitrogens with one attached hydrogen (secondary N) is 1. The van der Waals surface area contributed by atoms with Crippen LogP contribution in [-0.2, 0) is 6.54 Å². The summed E-state index contributed by atoms with van der Waals surface area (Å²) in [5, 5.41) is 5.96. The summed E-state index contributed by atoms with van der Waals surface area (Å²) in [4.78, 5) is 30.0. The monoisotopic (exact) mass is 350 g/mol. The highest BCUT2D eigenvalue weighted by atomic mass is 16.2. The second-order valence-corrected chi connectivity index (χ2v) is 6.79. The van der Waals surface area contributed by atoms with E-state index in [-0.39, 0.29) is 17.4 Å². The van der Waals surface area contributed by atoms with Crippen molar-refractivity contribution in [2.45, 2.75) is 32.2 Å². The first-order valence-corrected chi connectivity index (χ1v) is 9.10. The first kappa shape index (κ1) is 16.6. The van der Waals surface area contributed by atoms with Gasteiger partial charge in [-0.2, -0.15) is 5.10 Å². The minimum absolute atomic E-state index is 0.0370. The predicted molar refractivity (Wildman–Crippen MR) is 100 cm³/mol. The molecule has 1 atom stereocenters. The van der Waals surface area contributed by atoms with Gasteiger partial charge >= 0.3 is 0 Å². The molecule has 0 bridgehead atoms. The number of fused-ring (bicyclic) bond motifs is 1. The summed E-state index contributed by atoms with van der Waals surface area (Å²) in [6.07, 6.45) is 3.71. The van der Waals surface area contributed by atoms with Gasteiger partial charge in [-0.05, 0) is 43.4 Å². The summed E-state index contributed by atoms with van der Waals surface area (Å²) in [7, 11) is 0. The maximum Gasteiger partial charge on any atom is 0.274 e. The number of rotatable bonds is 3. The Morgan fingerprint density at radius 2 is 2.15 bits per heavy atom. The van der Waals surface area contributed by atoms with E-state index in [0.29, 0.717) is 17.6 Å². The zero-order valence-electron chi connectivity index (χ0n) is 14.8. The summed E-state index contributed by atoms with van der Waals surface area (Å²) in [5.41, 5.74) is 1.33. The van der Waals surface area contributed by atoms with Crippen LogP contribution in [0.15, 0.2) is 47.4 Å². The number of hydrogen-bond acceptors (Lipinski definition) is 3. The molecule has 6 nitrogen and oxygen atoms in total. The largest absolute Gasteiger partial charge is 0.337 e. The third-order valence-corrected chi connectivity index (χ3v) is 5.11. The Morgan fingerprint density at radius 1 is 1.31 bits per heavy atom. The minimum atomic E-state index is -0.0664. The Balaban J connectivity index is 1.58. The smallest absolute Gasteiger partial charge is 0.274 e. The van der Waals surface area contributed by atoms with Gasteiger partial charge < -0.3 is 9.88 Å². The van der Waals surface area contributed by atoms with Crippen molar-refractivity contribution in [2.24, 2.45) is 0 Å². The topological polar surface area (TPSA) is 71.0 Å². The van der Waals surface area contributed by atoms with Crippen LogP contribution in [0.4, 0.5) is 0 Å². The molecule has 0 aliphatic carbocycles. The molecule has 0 radical (unpaired) electrons. The van der Waals surface area contributed by atoms with Gasteiger partial charge in [0.1, 0.15) is 5.69 Å². The van der Waals surface area contributed by atoms with E-state index in [2.05, 4.69) is 10.1 Å². The molecule has 134 valence electrons. The highest BCUT2D eigenvalue weighted by Gasteiger charge is 2.27. The third-order valence-electron chi connectivity index (χ3n) is 5.11. The number of carbonyl (C=O) groups is 1. The van der Waals surface area contributed by atoms with Gasteiger partial charge in [0.05, 0.1) is 0 Å². The fourth-order valence-corrected chi connectivity index (χ4v) is 3.68. The van der Waals surface area contributed by atoms with Gasteiger partial charge in [0.15, 0.2) is 0 Å². The number of amides is 1. The number of aryl methyl sites for hydroxylation is 1. The standard InChI is InChI=1S/C20H22N4O2/c1-2-24-11-9-17(22-24)20(26)23-10-5-7-15(13-23)18-12-14-6-3-4-8-16(14)19(25)21-18/h3-4,6,8-9,11-12,15H,2,5,7,10,13H2,1H3,(H,21,25)/t15-/m0/s1. The Bertz CT molecular complexity index is 1000. The molecule has 26 heavy (non-hydrogen) atoms. The molecular weight excluding hydrogens is 328 g/mol. The van der Waals surface area contributed by atoms with Crippen LogP contribution in [0, 0.1) is 0 Å². The van der Waals surface area contributed by atoms with Crippen LogP contribution in [0.2, 0.25) is 0 Å². The molecule has 1 aliphatic heterocycles. The molecule has 0 unspecified atom stereocenters. The molecule has 2 aromatic heterocycles. The van der Waals surface area contributed by atoms with Gasteiger partial charge in [0, 0.05) is 42.8 Å². The fourth-order valence-electron chi connectivity index (χ4n) is 3.68. The van der Waals surface area contributed by atoms with E-state index in [9.17, 15) is 9.59 Å². The summed E-state index contributed by atoms with van der Waals surface area (Å²) in [5.74, 6) is 0.100. The van der Waals surface area contributed by atoms with Crippen LogP contribution in [0.3, 0.4) is 0 Å². The van der Waals surface area contributed by atoms with Crippen molar-refractivity contribution in [3.63, 3.8) is 0 Å². The molecule has 1 saturated heterocycles. The highest BCUT2D eigenvalue weighted by Crippen LogP contribution is 2.27. The Kier molecular flexibility index (Phi) is 4.32. The van der Waals surface area contributed by atoms with Crippen LogP contribution < -0.4 is 5.56 Å². The van der Waals surface area contributed by atoms with Gasteiger partial charge in [-0.1, -0.05) is 18.2 Å². The number of hydrogen-bond donors (Lipinski definition) is 1. The van der Waals surface area contributed by atoms with Gasteiger partial charge in [0.2, 0.25) is 0 Å². The van der Waals surface area contributed by atoms with E-state index in [1.165, 1.54) is 0 Å². The first-order chi connectivity index (χ1) is 12.7. The van der Waals surface area contributed by atoms with Crippen molar-refractivity contribution in [2.75, 3.05) is 13.1 Å². The molecule has 0 spiro atoms. The molecule has 0 saturated carbocycles.